The van der Waals surface area contributed by atoms with E-state index in [0.29, 0.717) is 0 Å². The highest BCUT2D eigenvalue weighted by Crippen LogP contribution is 1.90. The third-order valence-electron chi connectivity index (χ3n) is 1.37. The molecule has 0 bridgehead atoms. The van der Waals surface area contributed by atoms with Gasteiger partial charge in [0.2, 0.25) is 5.91 Å². The van der Waals surface area contributed by atoms with Crippen LogP contribution in [0.15, 0.2) is 11.6 Å². The van der Waals surface area contributed by atoms with Gasteiger partial charge in [0.1, 0.15) is 0 Å². The van der Waals surface area contributed by atoms with Gasteiger partial charge < -0.3 is 15.2 Å². The Bertz CT molecular complexity index is 243. The number of allylic oxidation sites excluding steroid dienone is 1. The maximum absolute atomic E-state index is 11.1. The molecule has 0 aromatic rings. The SMILES string of the molecule is COCC(NC(=O)C=C(C)C)C(=O)O. The summed E-state index contributed by atoms with van der Waals surface area (Å²) < 4.78 is 4.65. The monoisotopic (exact) mass is 201 g/mol. The van der Waals surface area contributed by atoms with Crippen LogP contribution >= 0.6 is 0 Å². The highest BCUT2D eigenvalue weighted by atomic mass is 16.5. The number of rotatable bonds is 5. The first-order valence-corrected chi connectivity index (χ1v) is 4.14. The average molecular weight is 201 g/mol. The Labute approximate surface area is 82.7 Å². The highest BCUT2D eigenvalue weighted by Gasteiger charge is 2.18. The summed E-state index contributed by atoms with van der Waals surface area (Å²) in [6.07, 6.45) is 1.34. The lowest BCUT2D eigenvalue weighted by atomic mass is 10.3. The Morgan fingerprint density at radius 3 is 2.43 bits per heavy atom. The summed E-state index contributed by atoms with van der Waals surface area (Å²) >= 11 is 0. The molecule has 2 N–H and O–H groups in total. The van der Waals surface area contributed by atoms with Crippen molar-refractivity contribution in [3.8, 4) is 0 Å². The summed E-state index contributed by atoms with van der Waals surface area (Å²) in [5.41, 5.74) is 0.809. The Morgan fingerprint density at radius 2 is 2.07 bits per heavy atom. The molecule has 0 radical (unpaired) electrons. The van der Waals surface area contributed by atoms with Crippen LogP contribution in [0.25, 0.3) is 0 Å². The summed E-state index contributed by atoms with van der Waals surface area (Å²) in [6, 6.07) is -0.997. The van der Waals surface area contributed by atoms with E-state index in [1.807, 2.05) is 0 Å². The fraction of sp³-hybridized carbons (Fsp3) is 0.556. The molecular weight excluding hydrogens is 186 g/mol. The summed E-state index contributed by atoms with van der Waals surface area (Å²) in [4.78, 5) is 21.7. The minimum Gasteiger partial charge on any atom is -0.480 e. The van der Waals surface area contributed by atoms with E-state index in [1.54, 1.807) is 13.8 Å². The molecule has 0 aromatic carbocycles. The van der Waals surface area contributed by atoms with Gasteiger partial charge in [0.25, 0.3) is 0 Å². The van der Waals surface area contributed by atoms with Crippen molar-refractivity contribution < 1.29 is 19.4 Å². The van der Waals surface area contributed by atoms with Crippen molar-refractivity contribution in [2.75, 3.05) is 13.7 Å². The molecule has 80 valence electrons. The van der Waals surface area contributed by atoms with Crippen molar-refractivity contribution in [2.45, 2.75) is 19.9 Å². The van der Waals surface area contributed by atoms with Gasteiger partial charge in [-0.15, -0.1) is 0 Å². The standard InChI is InChI=1S/C9H15NO4/c1-6(2)4-8(11)10-7(5-14-3)9(12)13/h4,7H,5H2,1-3H3,(H,10,11)(H,12,13). The topological polar surface area (TPSA) is 75.6 Å². The van der Waals surface area contributed by atoms with Crippen molar-refractivity contribution in [3.63, 3.8) is 0 Å². The van der Waals surface area contributed by atoms with Gasteiger partial charge in [-0.3, -0.25) is 4.79 Å². The molecule has 0 saturated heterocycles. The van der Waals surface area contributed by atoms with Gasteiger partial charge in [0, 0.05) is 13.2 Å². The molecule has 0 spiro atoms. The minimum atomic E-state index is -1.11. The number of carbonyl (C=O) groups excluding carboxylic acids is 1. The van der Waals surface area contributed by atoms with E-state index in [9.17, 15) is 9.59 Å². The number of carboxylic acid groups (broad SMARTS) is 1. The quantitative estimate of drug-likeness (QED) is 0.622. The van der Waals surface area contributed by atoms with Gasteiger partial charge in [-0.1, -0.05) is 5.57 Å². The molecule has 5 nitrogen and oxygen atoms in total. The molecule has 0 aliphatic rings. The lowest BCUT2D eigenvalue weighted by molar-refractivity contribution is -0.142. The first-order chi connectivity index (χ1) is 6.47. The highest BCUT2D eigenvalue weighted by molar-refractivity contribution is 5.91. The molecule has 5 heteroatoms. The molecule has 0 heterocycles. The second kappa shape index (κ2) is 6.15. The van der Waals surface area contributed by atoms with E-state index in [2.05, 4.69) is 10.1 Å². The van der Waals surface area contributed by atoms with E-state index >= 15 is 0 Å². The molecule has 14 heavy (non-hydrogen) atoms. The van der Waals surface area contributed by atoms with E-state index in [4.69, 9.17) is 5.11 Å². The Kier molecular flexibility index (Phi) is 5.55. The number of hydrogen-bond donors (Lipinski definition) is 2. The van der Waals surface area contributed by atoms with Gasteiger partial charge in [-0.05, 0) is 13.8 Å². The average Bonchev–Trinajstić information content (AvgIpc) is 2.01. The Balaban J connectivity index is 4.23. The van der Waals surface area contributed by atoms with E-state index in [-0.39, 0.29) is 6.61 Å². The van der Waals surface area contributed by atoms with Crippen LogP contribution in [0.5, 0.6) is 0 Å². The predicted octanol–water partition coefficient (Wildman–Crippen LogP) is 0.168. The summed E-state index contributed by atoms with van der Waals surface area (Å²) in [5, 5.41) is 11.0. The Morgan fingerprint density at radius 1 is 1.50 bits per heavy atom. The lowest BCUT2D eigenvalue weighted by Gasteiger charge is -2.11. The molecule has 0 rings (SSSR count). The zero-order valence-corrected chi connectivity index (χ0v) is 8.53. The number of carbonyl (C=O) groups is 2. The number of carboxylic acids is 1. The zero-order chi connectivity index (χ0) is 11.1. The fourth-order valence-corrected chi connectivity index (χ4v) is 0.817. The number of amides is 1. The summed E-state index contributed by atoms with van der Waals surface area (Å²) in [7, 11) is 1.38. The smallest absolute Gasteiger partial charge is 0.328 e. The Hall–Kier alpha value is -1.36. The van der Waals surface area contributed by atoms with Crippen molar-refractivity contribution >= 4 is 11.9 Å². The maximum Gasteiger partial charge on any atom is 0.328 e. The third-order valence-corrected chi connectivity index (χ3v) is 1.37. The van der Waals surface area contributed by atoms with Crippen LogP contribution in [0, 0.1) is 0 Å². The van der Waals surface area contributed by atoms with Gasteiger partial charge >= 0.3 is 5.97 Å². The van der Waals surface area contributed by atoms with Gasteiger partial charge in [-0.2, -0.15) is 0 Å². The van der Waals surface area contributed by atoms with Crippen molar-refractivity contribution in [3.05, 3.63) is 11.6 Å². The molecule has 0 saturated carbocycles. The molecule has 0 aliphatic heterocycles. The fourth-order valence-electron chi connectivity index (χ4n) is 0.817. The van der Waals surface area contributed by atoms with Gasteiger partial charge in [0.15, 0.2) is 6.04 Å². The first-order valence-electron chi connectivity index (χ1n) is 4.14. The molecule has 1 amide bonds. The number of hydrogen-bond acceptors (Lipinski definition) is 3. The number of ether oxygens (including phenoxy) is 1. The maximum atomic E-state index is 11.1. The number of nitrogens with one attached hydrogen (secondary N) is 1. The van der Waals surface area contributed by atoms with Gasteiger partial charge in [-0.25, -0.2) is 4.79 Å². The second-order valence-corrected chi connectivity index (χ2v) is 3.08. The number of aliphatic carboxylic acids is 1. The predicted molar refractivity (Wildman–Crippen MR) is 50.9 cm³/mol. The normalized spacial score (nSPS) is 11.6. The van der Waals surface area contributed by atoms with E-state index in [1.165, 1.54) is 13.2 Å². The van der Waals surface area contributed by atoms with Crippen LogP contribution < -0.4 is 5.32 Å². The zero-order valence-electron chi connectivity index (χ0n) is 8.53. The molecule has 0 aromatic heterocycles. The van der Waals surface area contributed by atoms with Crippen LogP contribution in [-0.2, 0) is 14.3 Å². The van der Waals surface area contributed by atoms with Crippen molar-refractivity contribution in [1.29, 1.82) is 0 Å². The van der Waals surface area contributed by atoms with Crippen LogP contribution in [0.3, 0.4) is 0 Å². The summed E-state index contributed by atoms with van der Waals surface area (Å²) in [6.45, 7) is 3.47. The molecule has 1 atom stereocenters. The number of methoxy groups -OCH3 is 1. The lowest BCUT2D eigenvalue weighted by Crippen LogP contribution is -2.43. The second-order valence-electron chi connectivity index (χ2n) is 3.08. The van der Waals surface area contributed by atoms with Crippen molar-refractivity contribution in [1.82, 2.24) is 5.32 Å². The minimum absolute atomic E-state index is 0.0440. The van der Waals surface area contributed by atoms with E-state index in [0.717, 1.165) is 5.57 Å². The molecular formula is C9H15NO4. The summed E-state index contributed by atoms with van der Waals surface area (Å²) in [5.74, 6) is -1.53. The molecule has 1 unspecified atom stereocenters. The third kappa shape index (κ3) is 5.31. The first kappa shape index (κ1) is 12.6. The van der Waals surface area contributed by atoms with Crippen LogP contribution in [0.2, 0.25) is 0 Å². The van der Waals surface area contributed by atoms with Gasteiger partial charge in [0.05, 0.1) is 6.61 Å². The molecule has 0 fully saturated rings. The van der Waals surface area contributed by atoms with E-state index < -0.39 is 17.9 Å². The van der Waals surface area contributed by atoms with Crippen LogP contribution in [0.1, 0.15) is 13.8 Å². The van der Waals surface area contributed by atoms with Crippen LogP contribution in [-0.4, -0.2) is 36.7 Å². The van der Waals surface area contributed by atoms with Crippen molar-refractivity contribution in [2.24, 2.45) is 0 Å². The largest absolute Gasteiger partial charge is 0.480 e. The van der Waals surface area contributed by atoms with Crippen LogP contribution in [0.4, 0.5) is 0 Å². The molecule has 0 aliphatic carbocycles.